The second-order valence-corrected chi connectivity index (χ2v) is 4.64. The molecule has 1 aromatic carbocycles. The summed E-state index contributed by atoms with van der Waals surface area (Å²) < 4.78 is 6.02. The van der Waals surface area contributed by atoms with Crippen molar-refractivity contribution in [3.8, 4) is 11.5 Å². The molecule has 0 heterocycles. The van der Waals surface area contributed by atoms with Gasteiger partial charge in [0, 0.05) is 12.0 Å². The van der Waals surface area contributed by atoms with Crippen LogP contribution < -0.4 is 10.5 Å². The minimum absolute atomic E-state index is 0.162. The van der Waals surface area contributed by atoms with Crippen molar-refractivity contribution < 1.29 is 9.84 Å². The second-order valence-electron chi connectivity index (χ2n) is 3.79. The van der Waals surface area contributed by atoms with E-state index < -0.39 is 0 Å². The van der Waals surface area contributed by atoms with Gasteiger partial charge in [0.2, 0.25) is 0 Å². The Labute approximate surface area is 97.4 Å². The van der Waals surface area contributed by atoms with Crippen molar-refractivity contribution in [1.82, 2.24) is 0 Å². The van der Waals surface area contributed by atoms with Gasteiger partial charge in [-0.3, -0.25) is 0 Å². The molecule has 1 saturated carbocycles. The number of ether oxygens (including phenoxy) is 1. The molecule has 1 aliphatic carbocycles. The average Bonchev–Trinajstić information content (AvgIpc) is 2.91. The normalized spacial score (nSPS) is 23.9. The van der Waals surface area contributed by atoms with Gasteiger partial charge in [0.15, 0.2) is 11.5 Å². The Morgan fingerprint density at radius 1 is 1.60 bits per heavy atom. The minimum atomic E-state index is 0.162. The zero-order chi connectivity index (χ0) is 11.0. The first-order chi connectivity index (χ1) is 7.13. The van der Waals surface area contributed by atoms with Crippen molar-refractivity contribution in [2.24, 2.45) is 5.73 Å². The van der Waals surface area contributed by atoms with Crippen LogP contribution >= 0.6 is 15.9 Å². The number of benzene rings is 1. The van der Waals surface area contributed by atoms with Gasteiger partial charge in [0.05, 0.1) is 11.1 Å². The quantitative estimate of drug-likeness (QED) is 0.888. The van der Waals surface area contributed by atoms with Crippen LogP contribution in [0.3, 0.4) is 0 Å². The van der Waals surface area contributed by atoms with Gasteiger partial charge in [0.25, 0.3) is 0 Å². The molecule has 1 aromatic rings. The molecular formula is C11H14BrNO2. The highest BCUT2D eigenvalue weighted by atomic mass is 79.9. The highest BCUT2D eigenvalue weighted by Gasteiger charge is 2.35. The van der Waals surface area contributed by atoms with E-state index in [9.17, 15) is 5.11 Å². The summed E-state index contributed by atoms with van der Waals surface area (Å²) >= 11 is 3.31. The largest absolute Gasteiger partial charge is 0.503 e. The van der Waals surface area contributed by atoms with Crippen LogP contribution in [0.2, 0.25) is 0 Å². The Balaban J connectivity index is 2.33. The third kappa shape index (κ3) is 2.11. The van der Waals surface area contributed by atoms with Gasteiger partial charge < -0.3 is 15.6 Å². The van der Waals surface area contributed by atoms with Gasteiger partial charge in [-0.25, -0.2) is 0 Å². The number of phenolic OH excluding ortho intramolecular Hbond substituents is 1. The summed E-state index contributed by atoms with van der Waals surface area (Å²) in [6, 6.07) is 4.05. The fraction of sp³-hybridized carbons (Fsp3) is 0.455. The van der Waals surface area contributed by atoms with Crippen molar-refractivity contribution in [1.29, 1.82) is 0 Å². The van der Waals surface area contributed by atoms with Gasteiger partial charge in [-0.1, -0.05) is 0 Å². The first kappa shape index (κ1) is 10.8. The van der Waals surface area contributed by atoms with Crippen LogP contribution in [-0.2, 0) is 0 Å². The molecule has 1 fully saturated rings. The topological polar surface area (TPSA) is 55.5 Å². The Kier molecular flexibility index (Phi) is 2.89. The molecule has 2 rings (SSSR count). The third-order valence-corrected chi connectivity index (χ3v) is 3.22. The molecule has 3 N–H and O–H groups in total. The lowest BCUT2D eigenvalue weighted by atomic mass is 10.1. The molecule has 15 heavy (non-hydrogen) atoms. The lowest BCUT2D eigenvalue weighted by Crippen LogP contribution is -2.01. The number of halogens is 1. The molecule has 82 valence electrons. The van der Waals surface area contributed by atoms with Crippen LogP contribution in [0.15, 0.2) is 16.6 Å². The molecule has 0 spiro atoms. The molecule has 0 bridgehead atoms. The Bertz CT molecular complexity index is 381. The Morgan fingerprint density at radius 2 is 2.27 bits per heavy atom. The number of hydrogen-bond donors (Lipinski definition) is 2. The summed E-state index contributed by atoms with van der Waals surface area (Å²) in [6.07, 6.45) is 1.02. The first-order valence-electron chi connectivity index (χ1n) is 5.04. The van der Waals surface area contributed by atoms with E-state index in [1.165, 1.54) is 0 Å². The summed E-state index contributed by atoms with van der Waals surface area (Å²) in [4.78, 5) is 0. The minimum Gasteiger partial charge on any atom is -0.503 e. The summed E-state index contributed by atoms with van der Waals surface area (Å²) in [5, 5.41) is 9.72. The third-order valence-electron chi connectivity index (χ3n) is 2.62. The summed E-state index contributed by atoms with van der Waals surface area (Å²) in [5.74, 6) is 1.11. The molecule has 4 heteroatoms. The molecular weight excluding hydrogens is 258 g/mol. The van der Waals surface area contributed by atoms with Crippen LogP contribution in [0, 0.1) is 0 Å². The monoisotopic (exact) mass is 271 g/mol. The van der Waals surface area contributed by atoms with Crippen LogP contribution in [0.25, 0.3) is 0 Å². The van der Waals surface area contributed by atoms with Crippen molar-refractivity contribution in [2.45, 2.75) is 25.3 Å². The molecule has 3 nitrogen and oxygen atoms in total. The van der Waals surface area contributed by atoms with Gasteiger partial charge in [-0.05, 0) is 47.0 Å². The zero-order valence-corrected chi connectivity index (χ0v) is 10.1. The highest BCUT2D eigenvalue weighted by Crippen LogP contribution is 2.44. The van der Waals surface area contributed by atoms with Crippen molar-refractivity contribution in [2.75, 3.05) is 6.61 Å². The number of nitrogens with two attached hydrogens (primary N) is 1. The molecule has 0 amide bonds. The molecule has 0 radical (unpaired) electrons. The lowest BCUT2D eigenvalue weighted by Gasteiger charge is -2.09. The highest BCUT2D eigenvalue weighted by molar-refractivity contribution is 9.10. The van der Waals surface area contributed by atoms with E-state index in [0.29, 0.717) is 22.7 Å². The number of rotatable bonds is 3. The zero-order valence-electron chi connectivity index (χ0n) is 8.53. The van der Waals surface area contributed by atoms with E-state index >= 15 is 0 Å². The van der Waals surface area contributed by atoms with E-state index in [1.807, 2.05) is 19.1 Å². The van der Waals surface area contributed by atoms with Crippen LogP contribution in [0.4, 0.5) is 0 Å². The van der Waals surface area contributed by atoms with E-state index in [1.54, 1.807) is 0 Å². The molecule has 0 aliphatic heterocycles. The van der Waals surface area contributed by atoms with E-state index in [-0.39, 0.29) is 11.8 Å². The predicted octanol–water partition coefficient (Wildman–Crippen LogP) is 2.37. The summed E-state index contributed by atoms with van der Waals surface area (Å²) in [7, 11) is 0. The Morgan fingerprint density at radius 3 is 2.80 bits per heavy atom. The van der Waals surface area contributed by atoms with Crippen molar-refractivity contribution >= 4 is 15.9 Å². The molecule has 2 atom stereocenters. The number of aromatic hydroxyl groups is 1. The maximum atomic E-state index is 9.72. The van der Waals surface area contributed by atoms with E-state index in [0.717, 1.165) is 12.0 Å². The number of phenols is 1. The maximum absolute atomic E-state index is 9.72. The van der Waals surface area contributed by atoms with E-state index in [2.05, 4.69) is 15.9 Å². The second kappa shape index (κ2) is 4.02. The van der Waals surface area contributed by atoms with Crippen LogP contribution in [0.5, 0.6) is 11.5 Å². The van der Waals surface area contributed by atoms with Gasteiger partial charge in [0.1, 0.15) is 0 Å². The Hall–Kier alpha value is -0.740. The standard InChI is InChI=1S/C11H14BrNO2/c1-2-15-10-4-6(7-5-9(7)13)3-8(12)11(10)14/h3-4,7,9,14H,2,5,13H2,1H3. The smallest absolute Gasteiger partial charge is 0.172 e. The molecule has 0 aromatic heterocycles. The van der Waals surface area contributed by atoms with Crippen LogP contribution in [-0.4, -0.2) is 17.8 Å². The fourth-order valence-electron chi connectivity index (χ4n) is 1.67. The molecule has 2 unspecified atom stereocenters. The molecule has 0 saturated heterocycles. The maximum Gasteiger partial charge on any atom is 0.172 e. The van der Waals surface area contributed by atoms with E-state index in [4.69, 9.17) is 10.5 Å². The van der Waals surface area contributed by atoms with Gasteiger partial charge >= 0.3 is 0 Å². The van der Waals surface area contributed by atoms with Gasteiger partial charge in [-0.15, -0.1) is 0 Å². The molecule has 1 aliphatic rings. The number of hydrogen-bond acceptors (Lipinski definition) is 3. The lowest BCUT2D eigenvalue weighted by molar-refractivity contribution is 0.317. The average molecular weight is 272 g/mol. The SMILES string of the molecule is CCOc1cc(C2CC2N)cc(Br)c1O. The first-order valence-corrected chi connectivity index (χ1v) is 5.83. The van der Waals surface area contributed by atoms with Gasteiger partial charge in [-0.2, -0.15) is 0 Å². The van der Waals surface area contributed by atoms with Crippen molar-refractivity contribution in [3.05, 3.63) is 22.2 Å². The summed E-state index contributed by atoms with van der Waals surface area (Å²) in [6.45, 7) is 2.43. The summed E-state index contributed by atoms with van der Waals surface area (Å²) in [5.41, 5.74) is 6.93. The van der Waals surface area contributed by atoms with Crippen molar-refractivity contribution in [3.63, 3.8) is 0 Å². The predicted molar refractivity (Wildman–Crippen MR) is 62.3 cm³/mol. The fourth-order valence-corrected chi connectivity index (χ4v) is 2.13. The van der Waals surface area contributed by atoms with Crippen LogP contribution in [0.1, 0.15) is 24.8 Å².